The molecule has 4 aromatic carbocycles. The number of hydrogen-bond acceptors (Lipinski definition) is 7. The van der Waals surface area contributed by atoms with Crippen LogP contribution in [0.5, 0.6) is 0 Å². The van der Waals surface area contributed by atoms with E-state index in [0.29, 0.717) is 17.1 Å². The number of nitrogens with one attached hydrogen (secondary N) is 2. The predicted octanol–water partition coefficient (Wildman–Crippen LogP) is 7.56. The fraction of sp³-hybridized carbons (Fsp3) is 0.341. The number of halogens is 3. The molecule has 2 aliphatic rings. The smallest absolute Gasteiger partial charge is 0.392 e. The Balaban J connectivity index is 1.18. The van der Waals surface area contributed by atoms with Crippen LogP contribution in [0.25, 0.3) is 11.1 Å². The molecule has 2 aliphatic heterocycles. The minimum Gasteiger partial charge on any atom is -0.392 e. The lowest BCUT2D eigenvalue weighted by Crippen LogP contribution is -2.50. The second-order valence-electron chi connectivity index (χ2n) is 13.5. The summed E-state index contributed by atoms with van der Waals surface area (Å²) < 4.78 is 52.6. The summed E-state index contributed by atoms with van der Waals surface area (Å²) in [4.78, 5) is 37.8. The third-order valence-corrected chi connectivity index (χ3v) is 10.8. The van der Waals surface area contributed by atoms with Gasteiger partial charge in [0.15, 0.2) is 6.29 Å². The van der Waals surface area contributed by atoms with Gasteiger partial charge >= 0.3 is 12.1 Å². The summed E-state index contributed by atoms with van der Waals surface area (Å²) in [6, 6.07) is 29.5. The van der Waals surface area contributed by atoms with Crippen LogP contribution in [-0.2, 0) is 37.0 Å². The SMILES string of the molecule is CC(=O)Nc1ccc(SC[C@H]2O[C@@H](c3cccc(-c4cccc(CNC(=O)[C@@H]5CCCN5C(=O)C(F)(F)F)c4)c3)O[C@@H](c3ccc(CO)cc3)[C@H]2C)cc1. The molecule has 0 saturated carbocycles. The summed E-state index contributed by atoms with van der Waals surface area (Å²) >= 11 is 1.65. The topological polar surface area (TPSA) is 117 Å². The van der Waals surface area contributed by atoms with Crippen LogP contribution in [-0.4, -0.2) is 58.3 Å². The van der Waals surface area contributed by atoms with Gasteiger partial charge in [0, 0.05) is 47.8 Å². The maximum Gasteiger partial charge on any atom is 0.471 e. The highest BCUT2D eigenvalue weighted by Crippen LogP contribution is 2.43. The zero-order valence-electron chi connectivity index (χ0n) is 29.8. The number of anilines is 1. The average molecular weight is 762 g/mol. The molecular weight excluding hydrogens is 720 g/mol. The van der Waals surface area contributed by atoms with E-state index in [1.807, 2.05) is 97.1 Å². The minimum atomic E-state index is -5.03. The molecule has 0 unspecified atom stereocenters. The average Bonchev–Trinajstić information content (AvgIpc) is 3.67. The molecule has 284 valence electrons. The van der Waals surface area contributed by atoms with E-state index in [9.17, 15) is 32.7 Å². The van der Waals surface area contributed by atoms with Crippen molar-refractivity contribution >= 4 is 35.2 Å². The molecule has 2 fully saturated rings. The normalized spacial score (nSPS) is 21.4. The van der Waals surface area contributed by atoms with Crippen molar-refractivity contribution in [3.8, 4) is 11.1 Å². The monoisotopic (exact) mass is 761 g/mol. The third kappa shape index (κ3) is 9.51. The van der Waals surface area contributed by atoms with Crippen LogP contribution in [0.2, 0.25) is 0 Å². The van der Waals surface area contributed by atoms with Crippen LogP contribution >= 0.6 is 11.8 Å². The van der Waals surface area contributed by atoms with Crippen molar-refractivity contribution in [1.82, 2.24) is 10.2 Å². The summed E-state index contributed by atoms with van der Waals surface area (Å²) in [5.41, 5.74) is 5.77. The quantitative estimate of drug-likeness (QED) is 0.135. The maximum absolute atomic E-state index is 13.1. The highest BCUT2D eigenvalue weighted by molar-refractivity contribution is 7.99. The molecule has 0 aliphatic carbocycles. The van der Waals surface area contributed by atoms with Gasteiger partial charge in [-0.1, -0.05) is 67.6 Å². The fourth-order valence-electron chi connectivity index (χ4n) is 6.80. The Kier molecular flexibility index (Phi) is 12.4. The first kappa shape index (κ1) is 39.0. The Bertz CT molecular complexity index is 1940. The number of alkyl halides is 3. The molecule has 2 saturated heterocycles. The second-order valence-corrected chi connectivity index (χ2v) is 14.6. The lowest BCUT2D eigenvalue weighted by molar-refractivity contribution is -0.268. The fourth-order valence-corrected chi connectivity index (χ4v) is 7.87. The lowest BCUT2D eigenvalue weighted by atomic mass is 9.91. The van der Waals surface area contributed by atoms with Gasteiger partial charge in [0.2, 0.25) is 11.8 Å². The van der Waals surface area contributed by atoms with E-state index in [2.05, 4.69) is 17.6 Å². The number of likely N-dealkylation sites (tertiary alicyclic amines) is 1. The van der Waals surface area contributed by atoms with E-state index in [4.69, 9.17) is 9.47 Å². The van der Waals surface area contributed by atoms with Crippen molar-refractivity contribution < 1.29 is 42.1 Å². The van der Waals surface area contributed by atoms with Gasteiger partial charge in [0.25, 0.3) is 0 Å². The number of carbonyl (C=O) groups is 3. The molecule has 9 nitrogen and oxygen atoms in total. The number of thioether (sulfide) groups is 1. The van der Waals surface area contributed by atoms with Gasteiger partial charge in [-0.15, -0.1) is 11.8 Å². The van der Waals surface area contributed by atoms with E-state index >= 15 is 0 Å². The van der Waals surface area contributed by atoms with Crippen LogP contribution in [0.15, 0.2) is 102 Å². The molecule has 5 atom stereocenters. The first-order valence-electron chi connectivity index (χ1n) is 17.8. The van der Waals surface area contributed by atoms with E-state index in [1.54, 1.807) is 11.8 Å². The van der Waals surface area contributed by atoms with Gasteiger partial charge in [-0.25, -0.2) is 0 Å². The number of amides is 3. The third-order valence-electron chi connectivity index (χ3n) is 9.66. The van der Waals surface area contributed by atoms with Crippen molar-refractivity contribution in [2.24, 2.45) is 5.92 Å². The Morgan fingerprint density at radius 2 is 1.59 bits per heavy atom. The number of hydrogen-bond donors (Lipinski definition) is 3. The van der Waals surface area contributed by atoms with Crippen LogP contribution < -0.4 is 10.6 Å². The first-order chi connectivity index (χ1) is 25.9. The van der Waals surface area contributed by atoms with Crippen LogP contribution in [0.3, 0.4) is 0 Å². The largest absolute Gasteiger partial charge is 0.471 e. The molecule has 4 aromatic rings. The molecule has 0 bridgehead atoms. The van der Waals surface area contributed by atoms with Crippen LogP contribution in [0, 0.1) is 5.92 Å². The van der Waals surface area contributed by atoms with Crippen molar-refractivity contribution in [3.63, 3.8) is 0 Å². The number of rotatable bonds is 11. The predicted molar refractivity (Wildman–Crippen MR) is 199 cm³/mol. The summed E-state index contributed by atoms with van der Waals surface area (Å²) in [6.45, 7) is 3.48. The maximum atomic E-state index is 13.1. The molecule has 6 rings (SSSR count). The van der Waals surface area contributed by atoms with Crippen molar-refractivity contribution in [3.05, 3.63) is 119 Å². The number of nitrogens with zero attached hydrogens (tertiary/aromatic N) is 1. The van der Waals surface area contributed by atoms with Gasteiger partial charge in [-0.05, 0) is 77.1 Å². The number of carbonyl (C=O) groups excluding carboxylic acids is 3. The zero-order valence-corrected chi connectivity index (χ0v) is 30.7. The van der Waals surface area contributed by atoms with Gasteiger partial charge in [-0.3, -0.25) is 14.4 Å². The number of benzene rings is 4. The van der Waals surface area contributed by atoms with E-state index in [-0.39, 0.29) is 50.2 Å². The molecule has 0 spiro atoms. The zero-order chi connectivity index (χ0) is 38.4. The summed E-state index contributed by atoms with van der Waals surface area (Å²) in [6.07, 6.45) is -5.75. The van der Waals surface area contributed by atoms with Crippen LogP contribution in [0.1, 0.15) is 61.3 Å². The van der Waals surface area contributed by atoms with Crippen molar-refractivity contribution in [2.75, 3.05) is 17.6 Å². The van der Waals surface area contributed by atoms with Crippen molar-refractivity contribution in [2.45, 2.75) is 75.5 Å². The van der Waals surface area contributed by atoms with Crippen molar-refractivity contribution in [1.29, 1.82) is 0 Å². The number of aliphatic hydroxyl groups is 1. The van der Waals surface area contributed by atoms with E-state index in [1.165, 1.54) is 6.92 Å². The number of aliphatic hydroxyl groups excluding tert-OH is 1. The first-order valence-corrected chi connectivity index (χ1v) is 18.7. The summed E-state index contributed by atoms with van der Waals surface area (Å²) in [7, 11) is 0. The summed E-state index contributed by atoms with van der Waals surface area (Å²) in [5, 5.41) is 15.1. The van der Waals surface area contributed by atoms with E-state index < -0.39 is 30.3 Å². The van der Waals surface area contributed by atoms with Gasteiger partial charge in [0.1, 0.15) is 6.04 Å². The Morgan fingerprint density at radius 1 is 0.889 bits per heavy atom. The Hall–Kier alpha value is -4.69. The highest BCUT2D eigenvalue weighted by atomic mass is 32.2. The molecule has 3 N–H and O–H groups in total. The molecule has 3 amide bonds. The van der Waals surface area contributed by atoms with E-state index in [0.717, 1.165) is 44.0 Å². The molecule has 2 heterocycles. The van der Waals surface area contributed by atoms with Gasteiger partial charge in [-0.2, -0.15) is 13.2 Å². The minimum absolute atomic E-state index is 0.0228. The van der Waals surface area contributed by atoms with Crippen LogP contribution in [0.4, 0.5) is 18.9 Å². The van der Waals surface area contributed by atoms with Gasteiger partial charge in [0.05, 0.1) is 18.8 Å². The standard InChI is InChI=1S/C41H42F3N3O6S/c1-25-36(24-54-34-17-15-33(16-18-34)46-26(2)49)52-39(53-37(25)29-13-11-27(23-48)12-14-29)32-9-4-8-31(21-32)30-7-3-6-28(20-30)22-45-38(50)35-10-5-19-47(35)40(51)41(42,43)44/h3-4,6-9,11-18,20-21,25,35-37,39,48H,5,10,19,22-24H2,1-2H3,(H,45,50)(H,46,49)/t25-,35-,36+,37+,39+/m0/s1. The molecular formula is C41H42F3N3O6S. The lowest BCUT2D eigenvalue weighted by Gasteiger charge is -2.41. The second kappa shape index (κ2) is 17.2. The number of ether oxygens (including phenoxy) is 2. The Labute approximate surface area is 316 Å². The highest BCUT2D eigenvalue weighted by Gasteiger charge is 2.47. The summed E-state index contributed by atoms with van der Waals surface area (Å²) in [5.74, 6) is -2.13. The molecule has 54 heavy (non-hydrogen) atoms. The molecule has 13 heteroatoms. The molecule has 0 aromatic heterocycles. The van der Waals surface area contributed by atoms with Gasteiger partial charge < -0.3 is 30.1 Å². The molecule has 0 radical (unpaired) electrons. The Morgan fingerprint density at radius 3 is 2.28 bits per heavy atom.